The molecule has 1 aromatic carbocycles. The van der Waals surface area contributed by atoms with E-state index in [1.54, 1.807) is 6.07 Å². The van der Waals surface area contributed by atoms with Crippen LogP contribution in [0.1, 0.15) is 47.2 Å². The third-order valence-electron chi connectivity index (χ3n) is 5.19. The molecule has 1 atom stereocenters. The van der Waals surface area contributed by atoms with Gasteiger partial charge in [-0.2, -0.15) is 10.1 Å². The molecule has 0 bridgehead atoms. The summed E-state index contributed by atoms with van der Waals surface area (Å²) < 4.78 is 20.7. The number of nitrogens with zero attached hydrogens (tertiary/aromatic N) is 4. The average molecular weight is 367 g/mol. The Hall–Kier alpha value is -3.03. The predicted molar refractivity (Wildman–Crippen MR) is 93.6 cm³/mol. The number of benzene rings is 1. The van der Waals surface area contributed by atoms with Gasteiger partial charge in [-0.15, -0.1) is 0 Å². The van der Waals surface area contributed by atoms with E-state index in [4.69, 9.17) is 4.52 Å². The summed E-state index contributed by atoms with van der Waals surface area (Å²) in [5, 5.41) is 10.8. The lowest BCUT2D eigenvalue weighted by Crippen LogP contribution is -2.33. The molecule has 5 rings (SSSR count). The van der Waals surface area contributed by atoms with Crippen molar-refractivity contribution in [3.63, 3.8) is 0 Å². The highest BCUT2D eigenvalue weighted by Crippen LogP contribution is 2.39. The van der Waals surface area contributed by atoms with Gasteiger partial charge in [-0.25, -0.2) is 4.39 Å². The fourth-order valence-corrected chi connectivity index (χ4v) is 3.44. The first-order valence-electron chi connectivity index (χ1n) is 9.05. The molecule has 27 heavy (non-hydrogen) atoms. The van der Waals surface area contributed by atoms with E-state index in [-0.39, 0.29) is 37.1 Å². The normalized spacial score (nSPS) is 22.3. The summed E-state index contributed by atoms with van der Waals surface area (Å²) in [5.41, 5.74) is 0.228. The Morgan fingerprint density at radius 2 is 2.11 bits per heavy atom. The maximum absolute atomic E-state index is 15.4. The molecule has 1 unspecified atom stereocenters. The Morgan fingerprint density at radius 3 is 2.89 bits per heavy atom. The molecule has 2 fully saturated rings. The first kappa shape index (κ1) is 16.2. The average Bonchev–Trinajstić information content (AvgIpc) is 3.12. The molecule has 2 aliphatic rings. The van der Waals surface area contributed by atoms with E-state index in [2.05, 4.69) is 20.3 Å². The monoisotopic (exact) mass is 367 g/mol. The maximum atomic E-state index is 15.4. The van der Waals surface area contributed by atoms with E-state index in [1.165, 1.54) is 4.90 Å². The molecule has 8 heteroatoms. The molecule has 1 amide bonds. The maximum Gasteiger partial charge on any atom is 0.274 e. The van der Waals surface area contributed by atoms with Crippen molar-refractivity contribution in [1.82, 2.24) is 25.2 Å². The van der Waals surface area contributed by atoms with Crippen molar-refractivity contribution in [2.45, 2.75) is 30.8 Å². The number of hydrogen-bond donors (Lipinski definition) is 1. The van der Waals surface area contributed by atoms with Crippen LogP contribution in [-0.4, -0.2) is 44.2 Å². The summed E-state index contributed by atoms with van der Waals surface area (Å²) in [6.07, 6.45) is 2.37. The number of carbonyl (C=O) groups excluding carboxylic acids is 1. The molecule has 138 valence electrons. The molecule has 1 aliphatic heterocycles. The molecule has 1 N–H and O–H groups in total. The second kappa shape index (κ2) is 6.00. The number of aromatic amines is 1. The van der Waals surface area contributed by atoms with Crippen LogP contribution in [0.3, 0.4) is 0 Å². The summed E-state index contributed by atoms with van der Waals surface area (Å²) in [6, 6.07) is 11.0. The zero-order chi connectivity index (χ0) is 18.4. The summed E-state index contributed by atoms with van der Waals surface area (Å²) in [7, 11) is 0. The van der Waals surface area contributed by atoms with E-state index >= 15 is 4.39 Å². The summed E-state index contributed by atoms with van der Waals surface area (Å²) >= 11 is 0. The minimum Gasteiger partial charge on any atom is -0.334 e. The number of aromatic nitrogens is 4. The van der Waals surface area contributed by atoms with Gasteiger partial charge in [0.2, 0.25) is 5.82 Å². The second-order valence-corrected chi connectivity index (χ2v) is 7.21. The zero-order valence-electron chi connectivity index (χ0n) is 14.6. The van der Waals surface area contributed by atoms with E-state index in [9.17, 15) is 4.79 Å². The third kappa shape index (κ3) is 2.90. The van der Waals surface area contributed by atoms with E-state index in [1.807, 2.05) is 30.3 Å². The number of rotatable bonds is 4. The van der Waals surface area contributed by atoms with Crippen LogP contribution >= 0.6 is 0 Å². The van der Waals surface area contributed by atoms with Crippen LogP contribution in [0.15, 0.2) is 40.9 Å². The smallest absolute Gasteiger partial charge is 0.274 e. The molecule has 0 spiro atoms. The number of nitrogens with one attached hydrogen (secondary N) is 1. The molecule has 1 saturated heterocycles. The predicted octanol–water partition coefficient (Wildman–Crippen LogP) is 3.05. The number of amides is 1. The summed E-state index contributed by atoms with van der Waals surface area (Å²) in [4.78, 5) is 18.3. The number of hydrogen-bond acceptors (Lipinski definition) is 5. The van der Waals surface area contributed by atoms with Crippen molar-refractivity contribution in [3.05, 3.63) is 53.6 Å². The van der Waals surface area contributed by atoms with E-state index in [0.29, 0.717) is 11.6 Å². The van der Waals surface area contributed by atoms with Gasteiger partial charge in [-0.1, -0.05) is 23.4 Å². The molecule has 2 aromatic heterocycles. The van der Waals surface area contributed by atoms with Gasteiger partial charge in [0.25, 0.3) is 11.8 Å². The fraction of sp³-hybridized carbons (Fsp3) is 0.368. The van der Waals surface area contributed by atoms with Crippen molar-refractivity contribution in [1.29, 1.82) is 0 Å². The molecule has 3 aromatic rings. The number of likely N-dealkylation sites (tertiary alicyclic amines) is 1. The van der Waals surface area contributed by atoms with Crippen LogP contribution in [0.4, 0.5) is 4.39 Å². The van der Waals surface area contributed by atoms with Gasteiger partial charge in [0.05, 0.1) is 6.54 Å². The van der Waals surface area contributed by atoms with Gasteiger partial charge in [-0.05, 0) is 31.0 Å². The van der Waals surface area contributed by atoms with Gasteiger partial charge in [0.1, 0.15) is 5.69 Å². The number of carbonyl (C=O) groups is 1. The third-order valence-corrected chi connectivity index (χ3v) is 5.19. The van der Waals surface area contributed by atoms with Crippen LogP contribution in [0, 0.1) is 0 Å². The van der Waals surface area contributed by atoms with Crippen LogP contribution in [0.25, 0.3) is 11.5 Å². The van der Waals surface area contributed by atoms with E-state index < -0.39 is 5.67 Å². The van der Waals surface area contributed by atoms with Crippen molar-refractivity contribution < 1.29 is 13.7 Å². The molecule has 1 aliphatic carbocycles. The second-order valence-electron chi connectivity index (χ2n) is 7.21. The van der Waals surface area contributed by atoms with Gasteiger partial charge >= 0.3 is 0 Å². The lowest BCUT2D eigenvalue weighted by atomic mass is 10.1. The first-order chi connectivity index (χ1) is 13.1. The fourth-order valence-electron chi connectivity index (χ4n) is 3.44. The summed E-state index contributed by atoms with van der Waals surface area (Å²) in [5.74, 6) is 0.462. The molecular weight excluding hydrogens is 349 g/mol. The van der Waals surface area contributed by atoms with E-state index in [0.717, 1.165) is 24.1 Å². The number of halogens is 1. The van der Waals surface area contributed by atoms with Crippen LogP contribution in [0.2, 0.25) is 0 Å². The van der Waals surface area contributed by atoms with Crippen LogP contribution in [-0.2, 0) is 5.67 Å². The van der Waals surface area contributed by atoms with Crippen molar-refractivity contribution in [2.75, 3.05) is 13.1 Å². The van der Waals surface area contributed by atoms with Gasteiger partial charge in [-0.3, -0.25) is 9.89 Å². The first-order valence-corrected chi connectivity index (χ1v) is 9.05. The minimum atomic E-state index is -1.82. The highest BCUT2D eigenvalue weighted by Gasteiger charge is 2.46. The van der Waals surface area contributed by atoms with Crippen LogP contribution < -0.4 is 0 Å². The topological polar surface area (TPSA) is 87.9 Å². The summed E-state index contributed by atoms with van der Waals surface area (Å²) in [6.45, 7) is 0.182. The standard InChI is InChI=1S/C19H18FN5O2/c20-19(18-21-16(27-24-18)13-4-2-1-3-5-13)8-9-25(11-19)17(26)15-10-14(22-23-15)12-6-7-12/h1-5,10,12H,6-9,11H2,(H,22,23). The Bertz CT molecular complexity index is 981. The molecule has 3 heterocycles. The Kier molecular flexibility index (Phi) is 3.60. The highest BCUT2D eigenvalue weighted by molar-refractivity contribution is 5.92. The SMILES string of the molecule is O=C(c1cc(C2CC2)[nH]n1)N1CCC(F)(c2noc(-c3ccccc3)n2)C1. The highest BCUT2D eigenvalue weighted by atomic mass is 19.1. The Balaban J connectivity index is 1.33. The number of H-pyrrole nitrogens is 1. The largest absolute Gasteiger partial charge is 0.334 e. The minimum absolute atomic E-state index is 0.0163. The number of alkyl halides is 1. The molecule has 0 radical (unpaired) electrons. The van der Waals surface area contributed by atoms with Crippen LogP contribution in [0.5, 0.6) is 0 Å². The van der Waals surface area contributed by atoms with Crippen molar-refractivity contribution in [2.24, 2.45) is 0 Å². The van der Waals surface area contributed by atoms with Gasteiger partial charge in [0.15, 0.2) is 5.67 Å². The molecule has 1 saturated carbocycles. The van der Waals surface area contributed by atoms with Gasteiger partial charge < -0.3 is 9.42 Å². The quantitative estimate of drug-likeness (QED) is 0.766. The lowest BCUT2D eigenvalue weighted by molar-refractivity contribution is 0.0737. The molecular formula is C19H18FN5O2. The molecule has 7 nitrogen and oxygen atoms in total. The van der Waals surface area contributed by atoms with Crippen molar-refractivity contribution in [3.8, 4) is 11.5 Å². The zero-order valence-corrected chi connectivity index (χ0v) is 14.6. The Morgan fingerprint density at radius 1 is 1.30 bits per heavy atom. The van der Waals surface area contributed by atoms with Gasteiger partial charge in [0, 0.05) is 30.1 Å². The Labute approximate surface area is 154 Å². The van der Waals surface area contributed by atoms with Crippen molar-refractivity contribution >= 4 is 5.91 Å². The lowest BCUT2D eigenvalue weighted by Gasteiger charge is -2.17.